The topological polar surface area (TPSA) is 65.5 Å². The largest absolute Gasteiger partial charge is 0.353 e. The van der Waals surface area contributed by atoms with Crippen LogP contribution in [0.3, 0.4) is 0 Å². The minimum Gasteiger partial charge on any atom is -0.353 e. The molecule has 32 heavy (non-hydrogen) atoms. The molecule has 0 saturated carbocycles. The fraction of sp³-hybridized carbons (Fsp3) is 0.320. The van der Waals surface area contributed by atoms with Gasteiger partial charge in [0.15, 0.2) is 0 Å². The minimum atomic E-state index is -0.360. The van der Waals surface area contributed by atoms with Crippen LogP contribution in [0.2, 0.25) is 0 Å². The van der Waals surface area contributed by atoms with Gasteiger partial charge in [0, 0.05) is 50.1 Å². The second kappa shape index (κ2) is 9.34. The number of para-hydroxylation sites is 1. The van der Waals surface area contributed by atoms with E-state index < -0.39 is 0 Å². The summed E-state index contributed by atoms with van der Waals surface area (Å²) in [5.41, 5.74) is 3.89. The van der Waals surface area contributed by atoms with Crippen LogP contribution in [0.15, 0.2) is 48.5 Å². The van der Waals surface area contributed by atoms with E-state index in [1.165, 1.54) is 35.2 Å². The van der Waals surface area contributed by atoms with E-state index >= 15 is 0 Å². The first-order valence-electron chi connectivity index (χ1n) is 10.9. The van der Waals surface area contributed by atoms with E-state index in [1.54, 1.807) is 4.90 Å². The zero-order chi connectivity index (χ0) is 22.7. The molecule has 0 bridgehead atoms. The molecule has 2 amide bonds. The van der Waals surface area contributed by atoms with Gasteiger partial charge in [-0.15, -0.1) is 0 Å². The fourth-order valence-corrected chi connectivity index (χ4v) is 4.03. The predicted molar refractivity (Wildman–Crippen MR) is 124 cm³/mol. The van der Waals surface area contributed by atoms with Gasteiger partial charge in [-0.3, -0.25) is 9.59 Å². The molecule has 7 heteroatoms. The van der Waals surface area contributed by atoms with Gasteiger partial charge in [0.05, 0.1) is 5.52 Å². The predicted octanol–water partition coefficient (Wildman–Crippen LogP) is 4.06. The Bertz CT molecular complexity index is 1140. The maximum atomic E-state index is 13.0. The number of benzene rings is 2. The van der Waals surface area contributed by atoms with Gasteiger partial charge in [0.25, 0.3) is 0 Å². The number of halogens is 1. The molecule has 4 rings (SSSR count). The lowest BCUT2D eigenvalue weighted by atomic mass is 10.1. The highest BCUT2D eigenvalue weighted by Crippen LogP contribution is 2.25. The van der Waals surface area contributed by atoms with Crippen LogP contribution in [0.1, 0.15) is 24.0 Å². The average molecular weight is 435 g/mol. The van der Waals surface area contributed by atoms with Gasteiger partial charge in [-0.25, -0.2) is 9.37 Å². The Morgan fingerprint density at radius 1 is 0.969 bits per heavy atom. The van der Waals surface area contributed by atoms with Crippen molar-refractivity contribution < 1.29 is 14.0 Å². The third-order valence-corrected chi connectivity index (χ3v) is 5.88. The maximum absolute atomic E-state index is 13.0. The Morgan fingerprint density at radius 3 is 2.41 bits per heavy atom. The van der Waals surface area contributed by atoms with E-state index in [-0.39, 0.29) is 30.5 Å². The summed E-state index contributed by atoms with van der Waals surface area (Å²) < 4.78 is 13.0. The van der Waals surface area contributed by atoms with Crippen molar-refractivity contribution in [1.29, 1.82) is 0 Å². The lowest BCUT2D eigenvalue weighted by Crippen LogP contribution is -2.49. The number of pyridine rings is 1. The molecule has 3 aromatic rings. The summed E-state index contributed by atoms with van der Waals surface area (Å²) in [7, 11) is 0. The van der Waals surface area contributed by atoms with E-state index in [4.69, 9.17) is 4.98 Å². The maximum Gasteiger partial charge on any atom is 0.224 e. The van der Waals surface area contributed by atoms with Crippen LogP contribution in [0.25, 0.3) is 10.9 Å². The first-order chi connectivity index (χ1) is 15.4. The molecule has 166 valence electrons. The molecular formula is C25H27FN4O2. The van der Waals surface area contributed by atoms with Crippen LogP contribution in [0, 0.1) is 19.7 Å². The molecule has 1 fully saturated rings. The standard InChI is InChI=1S/C25H27FN4O2/c1-17-4-3-5-21-18(2)16-22(28-25(17)21)29-12-14-30(15-13-29)24(32)11-10-23(31)27-20-8-6-19(26)7-9-20/h3-9,16H,10-15H2,1-2H3,(H,27,31). The highest BCUT2D eigenvalue weighted by molar-refractivity contribution is 5.93. The Kier molecular flexibility index (Phi) is 6.35. The van der Waals surface area contributed by atoms with Gasteiger partial charge in [-0.1, -0.05) is 18.2 Å². The molecule has 1 aliphatic rings. The number of nitrogens with zero attached hydrogens (tertiary/aromatic N) is 3. The van der Waals surface area contributed by atoms with Crippen molar-refractivity contribution in [3.8, 4) is 0 Å². The molecule has 2 aromatic carbocycles. The number of hydrogen-bond acceptors (Lipinski definition) is 4. The van der Waals surface area contributed by atoms with Crippen LogP contribution in [0.5, 0.6) is 0 Å². The molecule has 0 aliphatic carbocycles. The van der Waals surface area contributed by atoms with Crippen molar-refractivity contribution in [3.05, 3.63) is 65.5 Å². The smallest absolute Gasteiger partial charge is 0.224 e. The van der Waals surface area contributed by atoms with Gasteiger partial charge in [0.2, 0.25) is 11.8 Å². The number of rotatable bonds is 5. The number of carbonyl (C=O) groups excluding carboxylic acids is 2. The second-order valence-corrected chi connectivity index (χ2v) is 8.19. The highest BCUT2D eigenvalue weighted by Gasteiger charge is 2.23. The first-order valence-corrected chi connectivity index (χ1v) is 10.9. The normalized spacial score (nSPS) is 14.0. The van der Waals surface area contributed by atoms with E-state index in [2.05, 4.69) is 48.3 Å². The monoisotopic (exact) mass is 434 g/mol. The molecule has 1 saturated heterocycles. The third-order valence-electron chi connectivity index (χ3n) is 5.88. The molecule has 0 unspecified atom stereocenters. The Hall–Kier alpha value is -3.48. The number of carbonyl (C=O) groups is 2. The third kappa shape index (κ3) is 4.88. The Labute approximate surface area is 187 Å². The van der Waals surface area contributed by atoms with Crippen molar-refractivity contribution in [2.45, 2.75) is 26.7 Å². The van der Waals surface area contributed by atoms with Crippen LogP contribution in [-0.2, 0) is 9.59 Å². The lowest BCUT2D eigenvalue weighted by Gasteiger charge is -2.35. The van der Waals surface area contributed by atoms with Crippen molar-refractivity contribution >= 4 is 34.2 Å². The number of aryl methyl sites for hydroxylation is 2. The first kappa shape index (κ1) is 21.7. The summed E-state index contributed by atoms with van der Waals surface area (Å²) in [5, 5.41) is 3.86. The molecule has 1 aromatic heterocycles. The van der Waals surface area contributed by atoms with E-state index in [0.29, 0.717) is 31.9 Å². The summed E-state index contributed by atoms with van der Waals surface area (Å²) in [6.07, 6.45) is 0.251. The zero-order valence-electron chi connectivity index (χ0n) is 18.4. The summed E-state index contributed by atoms with van der Waals surface area (Å²) in [6, 6.07) is 13.9. The second-order valence-electron chi connectivity index (χ2n) is 8.19. The average Bonchev–Trinajstić information content (AvgIpc) is 2.80. The summed E-state index contributed by atoms with van der Waals surface area (Å²) in [4.78, 5) is 33.6. The van der Waals surface area contributed by atoms with E-state index in [0.717, 1.165) is 16.9 Å². The number of nitrogens with one attached hydrogen (secondary N) is 1. The number of anilines is 2. The minimum absolute atomic E-state index is 0.0302. The number of piperazine rings is 1. The van der Waals surface area contributed by atoms with Gasteiger partial charge >= 0.3 is 0 Å². The molecule has 2 heterocycles. The quantitative estimate of drug-likeness (QED) is 0.658. The van der Waals surface area contributed by atoms with Gasteiger partial charge in [0.1, 0.15) is 11.6 Å². The van der Waals surface area contributed by atoms with Gasteiger partial charge < -0.3 is 15.1 Å². The van der Waals surface area contributed by atoms with Crippen molar-refractivity contribution in [2.75, 3.05) is 36.4 Å². The Balaban J connectivity index is 1.30. The lowest BCUT2D eigenvalue weighted by molar-refractivity contribution is -0.133. The van der Waals surface area contributed by atoms with Crippen LogP contribution < -0.4 is 10.2 Å². The van der Waals surface area contributed by atoms with Gasteiger partial charge in [-0.2, -0.15) is 0 Å². The molecule has 1 N–H and O–H groups in total. The summed E-state index contributed by atoms with van der Waals surface area (Å²) in [5.74, 6) is 0.295. The van der Waals surface area contributed by atoms with Crippen LogP contribution in [0.4, 0.5) is 15.9 Å². The van der Waals surface area contributed by atoms with Crippen molar-refractivity contribution in [1.82, 2.24) is 9.88 Å². The number of aromatic nitrogens is 1. The van der Waals surface area contributed by atoms with E-state index in [9.17, 15) is 14.0 Å². The summed E-state index contributed by atoms with van der Waals surface area (Å²) >= 11 is 0. The van der Waals surface area contributed by atoms with Crippen LogP contribution >= 0.6 is 0 Å². The highest BCUT2D eigenvalue weighted by atomic mass is 19.1. The zero-order valence-corrected chi connectivity index (χ0v) is 18.4. The number of hydrogen-bond donors (Lipinski definition) is 1. The number of fused-ring (bicyclic) bond motifs is 1. The van der Waals surface area contributed by atoms with Gasteiger partial charge in [-0.05, 0) is 55.3 Å². The SMILES string of the molecule is Cc1cc(N2CCN(C(=O)CCC(=O)Nc3ccc(F)cc3)CC2)nc2c(C)cccc12. The number of amides is 2. The van der Waals surface area contributed by atoms with Crippen molar-refractivity contribution in [3.63, 3.8) is 0 Å². The Morgan fingerprint density at radius 2 is 1.69 bits per heavy atom. The molecule has 0 atom stereocenters. The van der Waals surface area contributed by atoms with Crippen LogP contribution in [-0.4, -0.2) is 47.9 Å². The molecule has 0 radical (unpaired) electrons. The molecule has 6 nitrogen and oxygen atoms in total. The van der Waals surface area contributed by atoms with E-state index in [1.807, 2.05) is 0 Å². The molecule has 0 spiro atoms. The van der Waals surface area contributed by atoms with Crippen molar-refractivity contribution in [2.24, 2.45) is 0 Å². The fourth-order valence-electron chi connectivity index (χ4n) is 4.03. The summed E-state index contributed by atoms with van der Waals surface area (Å²) in [6.45, 7) is 6.79. The molecular weight excluding hydrogens is 407 g/mol. The molecule has 1 aliphatic heterocycles.